The van der Waals surface area contributed by atoms with Gasteiger partial charge < -0.3 is 6.16 Å². The maximum absolute atomic E-state index is 10.6. The van der Waals surface area contributed by atoms with E-state index in [1.54, 1.807) is 6.92 Å². The van der Waals surface area contributed by atoms with Crippen molar-refractivity contribution in [2.24, 2.45) is 0 Å². The van der Waals surface area contributed by atoms with Crippen LogP contribution >= 0.6 is 0 Å². The third-order valence-corrected chi connectivity index (χ3v) is 2.27. The van der Waals surface area contributed by atoms with Crippen molar-refractivity contribution >= 4 is 16.1 Å². The van der Waals surface area contributed by atoms with Gasteiger partial charge in [-0.1, -0.05) is 19.9 Å². The second kappa shape index (κ2) is 7.97. The molecule has 1 N–H and O–H groups in total. The molecule has 0 saturated heterocycles. The van der Waals surface area contributed by atoms with Crippen molar-refractivity contribution in [1.82, 2.24) is 0 Å². The van der Waals surface area contributed by atoms with Gasteiger partial charge in [0.2, 0.25) is 5.44 Å². The molecule has 0 bridgehead atoms. The molecule has 0 radical (unpaired) electrons. The molecule has 0 aliphatic carbocycles. The molecule has 1 unspecified atom stereocenters. The van der Waals surface area contributed by atoms with Crippen LogP contribution in [0.15, 0.2) is 12.7 Å². The first-order chi connectivity index (χ1) is 5.91. The standard InChI is InChI=1S/C7H12O5S.K.H/c1-3-5-7(13(9,10)11)12-6(8)4-2;;/h4,7H,2-3,5H2,1H3,(H,9,10,11);;/q;+1;-1. The number of hydrogen-bond acceptors (Lipinski definition) is 4. The van der Waals surface area contributed by atoms with Gasteiger partial charge in [-0.15, -0.1) is 0 Å². The molecule has 0 aromatic rings. The van der Waals surface area contributed by atoms with Crippen molar-refractivity contribution in [2.75, 3.05) is 0 Å². The zero-order valence-electron chi connectivity index (χ0n) is 9.26. The van der Waals surface area contributed by atoms with Crippen molar-refractivity contribution in [3.8, 4) is 0 Å². The molecule has 0 rings (SSSR count). The van der Waals surface area contributed by atoms with Crippen molar-refractivity contribution in [1.29, 1.82) is 0 Å². The monoisotopic (exact) mass is 248 g/mol. The number of carbonyl (C=O) groups excluding carboxylic acids is 1. The van der Waals surface area contributed by atoms with Crippen LogP contribution in [0.1, 0.15) is 21.2 Å². The molecule has 5 nitrogen and oxygen atoms in total. The fraction of sp³-hybridized carbons (Fsp3) is 0.571. The normalized spacial score (nSPS) is 12.4. The van der Waals surface area contributed by atoms with E-state index >= 15 is 0 Å². The summed E-state index contributed by atoms with van der Waals surface area (Å²) in [6, 6.07) is 0. The van der Waals surface area contributed by atoms with Crippen LogP contribution in [-0.4, -0.2) is 24.4 Å². The van der Waals surface area contributed by atoms with Crippen LogP contribution < -0.4 is 51.4 Å². The van der Waals surface area contributed by atoms with Crippen molar-refractivity contribution < 1.29 is 75.3 Å². The molecule has 0 aliphatic heterocycles. The van der Waals surface area contributed by atoms with Gasteiger partial charge in [-0.25, -0.2) is 4.79 Å². The molecule has 0 saturated carbocycles. The molecule has 0 spiro atoms. The first-order valence-corrected chi connectivity index (χ1v) is 5.21. The average Bonchev–Trinajstić information content (AvgIpc) is 2.01. The van der Waals surface area contributed by atoms with E-state index in [0.717, 1.165) is 6.08 Å². The molecule has 0 aromatic carbocycles. The predicted molar refractivity (Wildman–Crippen MR) is 47.6 cm³/mol. The van der Waals surface area contributed by atoms with E-state index < -0.39 is 21.5 Å². The molecule has 14 heavy (non-hydrogen) atoms. The smallest absolute Gasteiger partial charge is 1.00 e. The number of esters is 1. The van der Waals surface area contributed by atoms with Crippen LogP contribution in [-0.2, 0) is 19.6 Å². The quantitative estimate of drug-likeness (QED) is 0.260. The number of carbonyl (C=O) groups is 1. The molecule has 78 valence electrons. The third-order valence-electron chi connectivity index (χ3n) is 1.27. The number of hydrogen-bond donors (Lipinski definition) is 1. The predicted octanol–water partition coefficient (Wildman–Crippen LogP) is -2.15. The van der Waals surface area contributed by atoms with Gasteiger partial charge in [0.1, 0.15) is 0 Å². The summed E-state index contributed by atoms with van der Waals surface area (Å²) < 4.78 is 34.3. The second-order valence-corrected chi connectivity index (χ2v) is 3.93. The summed E-state index contributed by atoms with van der Waals surface area (Å²) in [6.07, 6.45) is 1.39. The van der Waals surface area contributed by atoms with Crippen LogP contribution in [0.4, 0.5) is 0 Å². The summed E-state index contributed by atoms with van der Waals surface area (Å²) in [7, 11) is -4.32. The van der Waals surface area contributed by atoms with Gasteiger partial charge in [-0.3, -0.25) is 4.55 Å². The third kappa shape index (κ3) is 7.10. The summed E-state index contributed by atoms with van der Waals surface area (Å²) in [5.74, 6) is -0.865. The summed E-state index contributed by atoms with van der Waals surface area (Å²) in [4.78, 5) is 10.6. The minimum absolute atomic E-state index is 0. The first-order valence-electron chi connectivity index (χ1n) is 3.71. The SMILES string of the molecule is C=CC(=O)OC(CCC)S(=O)(=O)O.[H-].[K+]. The molecule has 7 heteroatoms. The van der Waals surface area contributed by atoms with E-state index in [9.17, 15) is 13.2 Å². The molecule has 0 heterocycles. The Balaban J connectivity index is -0.000000720. The van der Waals surface area contributed by atoms with Crippen LogP contribution in [0.3, 0.4) is 0 Å². The van der Waals surface area contributed by atoms with E-state index in [2.05, 4.69) is 11.3 Å². The first kappa shape index (κ1) is 17.2. The summed E-state index contributed by atoms with van der Waals surface area (Å²) in [6.45, 7) is 4.81. The Kier molecular flexibility index (Phi) is 9.77. The Morgan fingerprint density at radius 1 is 1.71 bits per heavy atom. The minimum Gasteiger partial charge on any atom is -1.00 e. The zero-order valence-corrected chi connectivity index (χ0v) is 12.2. The number of ether oxygens (including phenoxy) is 1. The Morgan fingerprint density at radius 2 is 2.21 bits per heavy atom. The van der Waals surface area contributed by atoms with Gasteiger partial charge in [-0.2, -0.15) is 8.42 Å². The van der Waals surface area contributed by atoms with E-state index in [-0.39, 0.29) is 59.2 Å². The van der Waals surface area contributed by atoms with E-state index in [1.165, 1.54) is 0 Å². The molecular formula is C7H13KO5S. The van der Waals surface area contributed by atoms with Gasteiger partial charge in [0.25, 0.3) is 0 Å². The van der Waals surface area contributed by atoms with Crippen molar-refractivity contribution in [3.05, 3.63) is 12.7 Å². The van der Waals surface area contributed by atoms with Crippen LogP contribution in [0, 0.1) is 0 Å². The molecule has 0 aromatic heterocycles. The Morgan fingerprint density at radius 3 is 2.50 bits per heavy atom. The Hall–Kier alpha value is 0.756. The summed E-state index contributed by atoms with van der Waals surface area (Å²) in [5.41, 5.74) is -1.48. The second-order valence-electron chi connectivity index (χ2n) is 2.37. The summed E-state index contributed by atoms with van der Waals surface area (Å²) in [5, 5.41) is 0. The van der Waals surface area contributed by atoms with E-state index in [1.807, 2.05) is 0 Å². The molecule has 0 amide bonds. The van der Waals surface area contributed by atoms with Gasteiger partial charge in [0.15, 0.2) is 0 Å². The van der Waals surface area contributed by atoms with Gasteiger partial charge in [0, 0.05) is 12.5 Å². The van der Waals surface area contributed by atoms with Crippen LogP contribution in [0.5, 0.6) is 0 Å². The van der Waals surface area contributed by atoms with Crippen molar-refractivity contribution in [2.45, 2.75) is 25.2 Å². The zero-order chi connectivity index (χ0) is 10.5. The number of rotatable bonds is 5. The molecule has 1 atom stereocenters. The molecular weight excluding hydrogens is 235 g/mol. The van der Waals surface area contributed by atoms with Crippen LogP contribution in [0.2, 0.25) is 0 Å². The average molecular weight is 248 g/mol. The van der Waals surface area contributed by atoms with Gasteiger partial charge >= 0.3 is 67.5 Å². The fourth-order valence-corrected chi connectivity index (χ4v) is 1.43. The van der Waals surface area contributed by atoms with Crippen molar-refractivity contribution in [3.63, 3.8) is 0 Å². The minimum atomic E-state index is -4.32. The summed E-state index contributed by atoms with van der Waals surface area (Å²) >= 11 is 0. The maximum Gasteiger partial charge on any atom is 1.00 e. The Labute approximate surface area is 128 Å². The molecule has 0 aliphatic rings. The Bertz CT molecular complexity index is 290. The van der Waals surface area contributed by atoms with Gasteiger partial charge in [-0.05, 0) is 0 Å². The maximum atomic E-state index is 10.6. The topological polar surface area (TPSA) is 80.7 Å². The van der Waals surface area contributed by atoms with Crippen LogP contribution in [0.25, 0.3) is 0 Å². The van der Waals surface area contributed by atoms with Gasteiger partial charge in [0.05, 0.1) is 0 Å². The fourth-order valence-electron chi connectivity index (χ4n) is 0.682. The largest absolute Gasteiger partial charge is 1.00 e. The van der Waals surface area contributed by atoms with E-state index in [0.29, 0.717) is 6.42 Å². The van der Waals surface area contributed by atoms with E-state index in [4.69, 9.17) is 4.55 Å². The molecule has 0 fully saturated rings.